The Balaban J connectivity index is 1.98. The van der Waals surface area contributed by atoms with E-state index in [2.05, 4.69) is 29.0 Å². The number of nitrogens with one attached hydrogen (secondary N) is 1. The molecule has 2 N–H and O–H groups in total. The first-order valence-electron chi connectivity index (χ1n) is 6.53. The molecule has 2 rings (SSSR count). The van der Waals surface area contributed by atoms with Crippen LogP contribution >= 0.6 is 0 Å². The van der Waals surface area contributed by atoms with Gasteiger partial charge in [-0.2, -0.15) is 0 Å². The lowest BCUT2D eigenvalue weighted by atomic mass is 10.1. The molecule has 2 atom stereocenters. The van der Waals surface area contributed by atoms with E-state index >= 15 is 0 Å². The summed E-state index contributed by atoms with van der Waals surface area (Å²) in [7, 11) is 0. The first-order chi connectivity index (χ1) is 8.09. The highest BCUT2D eigenvalue weighted by Crippen LogP contribution is 2.20. The second kappa shape index (κ2) is 5.33. The Bertz CT molecular complexity index is 283. The topological polar surface area (TPSA) is 55.8 Å². The first-order valence-corrected chi connectivity index (χ1v) is 6.53. The number of carboxylic acids is 1. The normalized spacial score (nSPS) is 32.2. The highest BCUT2D eigenvalue weighted by atomic mass is 16.4. The summed E-state index contributed by atoms with van der Waals surface area (Å²) in [4.78, 5) is 15.9. The fourth-order valence-electron chi connectivity index (χ4n) is 2.89. The fraction of sp³-hybridized carbons (Fsp3) is 0.917. The van der Waals surface area contributed by atoms with Crippen LogP contribution in [0, 0.1) is 0 Å². The molecular formula is C12H23N3O2. The zero-order valence-electron chi connectivity index (χ0n) is 10.7. The number of likely N-dealkylation sites (tertiary alicyclic amines) is 1. The van der Waals surface area contributed by atoms with Crippen LogP contribution in [0.4, 0.5) is 0 Å². The summed E-state index contributed by atoms with van der Waals surface area (Å²) >= 11 is 0. The number of carboxylic acid groups (broad SMARTS) is 1. The summed E-state index contributed by atoms with van der Waals surface area (Å²) in [5, 5.41) is 12.4. The van der Waals surface area contributed by atoms with Gasteiger partial charge in [-0.15, -0.1) is 0 Å². The molecule has 5 nitrogen and oxygen atoms in total. The average Bonchev–Trinajstić information content (AvgIpc) is 2.78. The van der Waals surface area contributed by atoms with Crippen LogP contribution in [-0.2, 0) is 4.79 Å². The van der Waals surface area contributed by atoms with Gasteiger partial charge in [0, 0.05) is 44.8 Å². The Morgan fingerprint density at radius 3 is 2.76 bits per heavy atom. The molecule has 0 saturated carbocycles. The molecule has 0 aliphatic carbocycles. The summed E-state index contributed by atoms with van der Waals surface area (Å²) in [5.41, 5.74) is 0. The van der Waals surface area contributed by atoms with Crippen LogP contribution in [0.2, 0.25) is 0 Å². The predicted octanol–water partition coefficient (Wildman–Crippen LogP) is -0.172. The summed E-state index contributed by atoms with van der Waals surface area (Å²) in [6.07, 6.45) is 1.10. The zero-order chi connectivity index (χ0) is 12.4. The number of rotatable bonds is 3. The van der Waals surface area contributed by atoms with Crippen molar-refractivity contribution in [2.45, 2.75) is 38.4 Å². The van der Waals surface area contributed by atoms with Crippen molar-refractivity contribution in [3.63, 3.8) is 0 Å². The maximum atomic E-state index is 11.2. The Morgan fingerprint density at radius 1 is 1.41 bits per heavy atom. The average molecular weight is 241 g/mol. The van der Waals surface area contributed by atoms with Gasteiger partial charge in [-0.1, -0.05) is 0 Å². The molecule has 0 bridgehead atoms. The molecule has 2 fully saturated rings. The summed E-state index contributed by atoms with van der Waals surface area (Å²) in [6.45, 7) is 8.85. The van der Waals surface area contributed by atoms with Crippen LogP contribution < -0.4 is 5.32 Å². The van der Waals surface area contributed by atoms with Crippen LogP contribution in [0.1, 0.15) is 20.3 Å². The quantitative estimate of drug-likeness (QED) is 0.718. The summed E-state index contributed by atoms with van der Waals surface area (Å²) < 4.78 is 0. The van der Waals surface area contributed by atoms with E-state index < -0.39 is 5.97 Å². The Hall–Kier alpha value is -0.650. The van der Waals surface area contributed by atoms with Crippen LogP contribution in [-0.4, -0.2) is 71.7 Å². The zero-order valence-corrected chi connectivity index (χ0v) is 10.7. The van der Waals surface area contributed by atoms with E-state index in [1.807, 2.05) is 0 Å². The molecule has 0 spiro atoms. The number of aliphatic carboxylic acids is 1. The first kappa shape index (κ1) is 12.8. The highest BCUT2D eigenvalue weighted by Gasteiger charge is 2.37. The molecule has 5 heteroatoms. The van der Waals surface area contributed by atoms with Gasteiger partial charge in [0.2, 0.25) is 0 Å². The van der Waals surface area contributed by atoms with E-state index in [0.717, 1.165) is 32.6 Å². The van der Waals surface area contributed by atoms with Gasteiger partial charge in [-0.25, -0.2) is 0 Å². The van der Waals surface area contributed by atoms with Crippen LogP contribution in [0.3, 0.4) is 0 Å². The molecular weight excluding hydrogens is 218 g/mol. The maximum Gasteiger partial charge on any atom is 0.322 e. The second-order valence-electron chi connectivity index (χ2n) is 5.33. The van der Waals surface area contributed by atoms with Gasteiger partial charge < -0.3 is 10.4 Å². The van der Waals surface area contributed by atoms with Gasteiger partial charge in [0.25, 0.3) is 0 Å². The standard InChI is InChI=1S/C12H23N3O2/c1-9(2)14-5-3-10(8-14)15-6-4-13-7-11(15)12(16)17/h9-11,13H,3-8H2,1-2H3,(H,16,17). The smallest absolute Gasteiger partial charge is 0.322 e. The third-order valence-corrected chi connectivity index (χ3v) is 3.96. The third-order valence-electron chi connectivity index (χ3n) is 3.96. The molecule has 0 aromatic rings. The van der Waals surface area contributed by atoms with E-state index in [-0.39, 0.29) is 6.04 Å². The number of hydrogen-bond donors (Lipinski definition) is 2. The molecule has 17 heavy (non-hydrogen) atoms. The van der Waals surface area contributed by atoms with Crippen molar-refractivity contribution in [1.82, 2.24) is 15.1 Å². The predicted molar refractivity (Wildman–Crippen MR) is 66.1 cm³/mol. The molecule has 2 aliphatic rings. The van der Waals surface area contributed by atoms with Crippen molar-refractivity contribution < 1.29 is 9.90 Å². The van der Waals surface area contributed by atoms with Gasteiger partial charge in [0.05, 0.1) is 0 Å². The lowest BCUT2D eigenvalue weighted by molar-refractivity contribution is -0.145. The van der Waals surface area contributed by atoms with E-state index in [1.54, 1.807) is 0 Å². The van der Waals surface area contributed by atoms with Crippen molar-refractivity contribution in [2.24, 2.45) is 0 Å². The minimum atomic E-state index is -0.694. The summed E-state index contributed by atoms with van der Waals surface area (Å²) in [5.74, 6) is -0.694. The maximum absolute atomic E-state index is 11.2. The Kier molecular flexibility index (Phi) is 4.01. The van der Waals surface area contributed by atoms with Crippen LogP contribution in [0.15, 0.2) is 0 Å². The molecule has 98 valence electrons. The molecule has 2 unspecified atom stereocenters. The van der Waals surface area contributed by atoms with Crippen molar-refractivity contribution >= 4 is 5.97 Å². The molecule has 2 aliphatic heterocycles. The molecule has 2 heterocycles. The molecule has 0 radical (unpaired) electrons. The van der Waals surface area contributed by atoms with Crippen molar-refractivity contribution in [3.8, 4) is 0 Å². The van der Waals surface area contributed by atoms with Crippen molar-refractivity contribution in [2.75, 3.05) is 32.7 Å². The molecule has 0 aromatic heterocycles. The van der Waals surface area contributed by atoms with Gasteiger partial charge >= 0.3 is 5.97 Å². The second-order valence-corrected chi connectivity index (χ2v) is 5.33. The SMILES string of the molecule is CC(C)N1CCC(N2CCNCC2C(=O)O)C1. The van der Waals surface area contributed by atoms with Gasteiger partial charge in [0.15, 0.2) is 0 Å². The van der Waals surface area contributed by atoms with E-state index in [0.29, 0.717) is 18.6 Å². The minimum Gasteiger partial charge on any atom is -0.480 e. The van der Waals surface area contributed by atoms with Crippen LogP contribution in [0.5, 0.6) is 0 Å². The van der Waals surface area contributed by atoms with Crippen molar-refractivity contribution in [1.29, 1.82) is 0 Å². The third kappa shape index (κ3) is 2.78. The van der Waals surface area contributed by atoms with Gasteiger partial charge in [-0.3, -0.25) is 14.6 Å². The van der Waals surface area contributed by atoms with E-state index in [9.17, 15) is 9.90 Å². The van der Waals surface area contributed by atoms with Gasteiger partial charge in [0.1, 0.15) is 6.04 Å². The number of nitrogens with zero attached hydrogens (tertiary/aromatic N) is 2. The Morgan fingerprint density at radius 2 is 2.18 bits per heavy atom. The van der Waals surface area contributed by atoms with Crippen LogP contribution in [0.25, 0.3) is 0 Å². The minimum absolute atomic E-state index is 0.346. The monoisotopic (exact) mass is 241 g/mol. The fourth-order valence-corrected chi connectivity index (χ4v) is 2.89. The lowest BCUT2D eigenvalue weighted by Gasteiger charge is -2.38. The Labute approximate surface area is 103 Å². The van der Waals surface area contributed by atoms with Crippen molar-refractivity contribution in [3.05, 3.63) is 0 Å². The molecule has 0 amide bonds. The summed E-state index contributed by atoms with van der Waals surface area (Å²) in [6, 6.07) is 0.632. The number of piperazine rings is 1. The molecule has 2 saturated heterocycles. The highest BCUT2D eigenvalue weighted by molar-refractivity contribution is 5.74. The molecule has 0 aromatic carbocycles. The number of hydrogen-bond acceptors (Lipinski definition) is 4. The lowest BCUT2D eigenvalue weighted by Crippen LogP contribution is -2.58. The largest absolute Gasteiger partial charge is 0.480 e. The van der Waals surface area contributed by atoms with E-state index in [4.69, 9.17) is 0 Å². The number of carbonyl (C=O) groups is 1. The van der Waals surface area contributed by atoms with E-state index in [1.165, 1.54) is 0 Å². The van der Waals surface area contributed by atoms with Gasteiger partial charge in [-0.05, 0) is 20.3 Å².